The average Bonchev–Trinajstić information content (AvgIpc) is 3.35. The monoisotopic (exact) mass is 459 g/mol. The Kier molecular flexibility index (Phi) is 7.52. The molecule has 4 aliphatic rings. The average molecular weight is 460 g/mol. The normalized spacial score (nSPS) is 35.5. The Morgan fingerprint density at radius 3 is 2.30 bits per heavy atom. The van der Waals surface area contributed by atoms with Gasteiger partial charge in [-0.15, -0.1) is 0 Å². The van der Waals surface area contributed by atoms with Crippen LogP contribution in [0.2, 0.25) is 0 Å². The predicted molar refractivity (Wildman–Crippen MR) is 130 cm³/mol. The Morgan fingerprint density at radius 2 is 1.64 bits per heavy atom. The first kappa shape index (κ1) is 24.7. The molecule has 4 fully saturated rings. The van der Waals surface area contributed by atoms with Crippen LogP contribution in [0.1, 0.15) is 110 Å². The van der Waals surface area contributed by atoms with Crippen LogP contribution < -0.4 is 5.32 Å². The number of hydrogen-bond donors (Lipinski definition) is 1. The number of hydrogen-bond acceptors (Lipinski definition) is 4. The topological polar surface area (TPSA) is 69.7 Å². The van der Waals surface area contributed by atoms with Crippen LogP contribution in [0.25, 0.3) is 0 Å². The molecule has 1 spiro atoms. The fourth-order valence-corrected chi connectivity index (χ4v) is 7.24. The lowest BCUT2D eigenvalue weighted by atomic mass is 9.70. The number of imide groups is 1. The number of nitrogens with zero attached hydrogens (tertiary/aromatic N) is 2. The summed E-state index contributed by atoms with van der Waals surface area (Å²) in [5.41, 5.74) is -0.750. The number of nitrogens with one attached hydrogen (secondary N) is 1. The lowest BCUT2D eigenvalue weighted by Crippen LogP contribution is -2.53. The molecule has 0 aromatic rings. The molecule has 0 aromatic heterocycles. The summed E-state index contributed by atoms with van der Waals surface area (Å²) in [5.74, 6) is 0.630. The number of carbonyl (C=O) groups excluding carboxylic acids is 3. The third-order valence-electron chi connectivity index (χ3n) is 9.70. The van der Waals surface area contributed by atoms with Gasteiger partial charge < -0.3 is 10.2 Å². The van der Waals surface area contributed by atoms with E-state index in [1.54, 1.807) is 11.9 Å². The van der Waals surface area contributed by atoms with Crippen molar-refractivity contribution in [1.29, 1.82) is 0 Å². The van der Waals surface area contributed by atoms with Crippen LogP contribution in [0, 0.1) is 11.8 Å². The first-order valence-corrected chi connectivity index (χ1v) is 13.7. The molecular weight excluding hydrogens is 414 g/mol. The quantitative estimate of drug-likeness (QED) is 0.584. The van der Waals surface area contributed by atoms with Crippen molar-refractivity contribution in [2.75, 3.05) is 13.6 Å². The fraction of sp³-hybridized carbons (Fsp3) is 0.889. The number of ketones is 1. The molecule has 4 rings (SSSR count). The van der Waals surface area contributed by atoms with Crippen molar-refractivity contribution in [2.24, 2.45) is 11.8 Å². The second-order valence-electron chi connectivity index (χ2n) is 11.6. The van der Waals surface area contributed by atoms with Crippen molar-refractivity contribution >= 4 is 17.7 Å². The zero-order valence-corrected chi connectivity index (χ0v) is 21.2. The van der Waals surface area contributed by atoms with Gasteiger partial charge in [-0.1, -0.05) is 64.7 Å². The van der Waals surface area contributed by atoms with Crippen LogP contribution in [0.15, 0.2) is 0 Å². The summed E-state index contributed by atoms with van der Waals surface area (Å²) in [4.78, 5) is 42.9. The first-order chi connectivity index (χ1) is 15.8. The molecule has 2 heterocycles. The minimum atomic E-state index is -0.826. The van der Waals surface area contributed by atoms with Gasteiger partial charge in [0.15, 0.2) is 5.78 Å². The zero-order chi connectivity index (χ0) is 23.6. The Morgan fingerprint density at radius 1 is 0.970 bits per heavy atom. The molecule has 0 bridgehead atoms. The Bertz CT molecular complexity index is 743. The molecule has 1 N–H and O–H groups in total. The standard InChI is InChI=1S/C27H45N3O3/c1-4-20-12-11-13-21(18-20)26(2)24(32)30(25(33)29(26)3)19-23(31)22-14-17-27(28-22)15-9-7-5-6-8-10-16-27/h20-22,28H,4-19H2,1-3H3/t20-,21?,22?,26+/m0/s1. The van der Waals surface area contributed by atoms with E-state index in [2.05, 4.69) is 12.2 Å². The molecule has 2 saturated carbocycles. The third-order valence-corrected chi connectivity index (χ3v) is 9.70. The number of likely N-dealkylation sites (N-methyl/N-ethyl adjacent to an activating group) is 1. The van der Waals surface area contributed by atoms with Gasteiger partial charge >= 0.3 is 6.03 Å². The van der Waals surface area contributed by atoms with Crippen LogP contribution in [0.3, 0.4) is 0 Å². The Hall–Kier alpha value is -1.43. The summed E-state index contributed by atoms with van der Waals surface area (Å²) < 4.78 is 0. The van der Waals surface area contributed by atoms with Gasteiger partial charge in [-0.3, -0.25) is 14.5 Å². The second kappa shape index (κ2) is 10.1. The van der Waals surface area contributed by atoms with Crippen LogP contribution >= 0.6 is 0 Å². The van der Waals surface area contributed by atoms with Crippen LogP contribution in [0.5, 0.6) is 0 Å². The maximum Gasteiger partial charge on any atom is 0.327 e. The van der Waals surface area contributed by atoms with Crippen LogP contribution in [0.4, 0.5) is 4.79 Å². The zero-order valence-electron chi connectivity index (χ0n) is 21.2. The summed E-state index contributed by atoms with van der Waals surface area (Å²) in [6, 6.07) is -0.535. The van der Waals surface area contributed by atoms with Crippen molar-refractivity contribution < 1.29 is 14.4 Å². The van der Waals surface area contributed by atoms with Crippen molar-refractivity contribution in [1.82, 2.24) is 15.1 Å². The minimum absolute atomic E-state index is 0.00109. The van der Waals surface area contributed by atoms with Gasteiger partial charge in [-0.2, -0.15) is 0 Å². The van der Waals surface area contributed by atoms with Crippen LogP contribution in [-0.2, 0) is 9.59 Å². The molecule has 2 aliphatic heterocycles. The molecule has 186 valence electrons. The van der Waals surface area contributed by atoms with Crippen molar-refractivity contribution in [3.8, 4) is 0 Å². The fourth-order valence-electron chi connectivity index (χ4n) is 7.24. The van der Waals surface area contributed by atoms with E-state index < -0.39 is 5.54 Å². The number of Topliss-reactive ketones (excluding diaryl/α,β-unsaturated/α-hetero) is 1. The Balaban J connectivity index is 1.42. The summed E-state index contributed by atoms with van der Waals surface area (Å²) in [5, 5.41) is 3.70. The summed E-state index contributed by atoms with van der Waals surface area (Å²) in [7, 11) is 1.75. The lowest BCUT2D eigenvalue weighted by Gasteiger charge is -2.41. The number of amides is 3. The molecule has 0 aromatic carbocycles. The van der Waals surface area contributed by atoms with E-state index in [1.807, 2.05) is 6.92 Å². The van der Waals surface area contributed by atoms with E-state index in [9.17, 15) is 14.4 Å². The molecule has 2 saturated heterocycles. The highest BCUT2D eigenvalue weighted by Crippen LogP contribution is 2.43. The van der Waals surface area contributed by atoms with Gasteiger partial charge in [-0.25, -0.2) is 4.79 Å². The molecule has 2 aliphatic carbocycles. The van der Waals surface area contributed by atoms with E-state index in [0.29, 0.717) is 5.92 Å². The highest BCUT2D eigenvalue weighted by atomic mass is 16.2. The summed E-state index contributed by atoms with van der Waals surface area (Å²) in [6.07, 6.45) is 17.2. The summed E-state index contributed by atoms with van der Waals surface area (Å²) >= 11 is 0. The van der Waals surface area contributed by atoms with E-state index in [1.165, 1.54) is 49.8 Å². The molecule has 4 atom stereocenters. The molecule has 6 nitrogen and oxygen atoms in total. The van der Waals surface area contributed by atoms with E-state index in [4.69, 9.17) is 0 Å². The molecule has 2 unspecified atom stereocenters. The maximum absolute atomic E-state index is 13.6. The van der Waals surface area contributed by atoms with Gasteiger partial charge in [0.05, 0.1) is 12.6 Å². The lowest BCUT2D eigenvalue weighted by molar-refractivity contribution is -0.138. The largest absolute Gasteiger partial charge is 0.327 e. The molecular formula is C27H45N3O3. The number of rotatable bonds is 5. The maximum atomic E-state index is 13.6. The van der Waals surface area contributed by atoms with Gasteiger partial charge in [0.2, 0.25) is 0 Å². The van der Waals surface area contributed by atoms with E-state index >= 15 is 0 Å². The molecule has 6 heteroatoms. The second-order valence-corrected chi connectivity index (χ2v) is 11.6. The SMILES string of the molecule is CC[C@H]1CCCC([C@]2(C)C(=O)N(CC(=O)C3CCC4(CCCCCCCC4)N3)C(=O)N2C)C1. The highest BCUT2D eigenvalue weighted by Gasteiger charge is 2.57. The van der Waals surface area contributed by atoms with Crippen molar-refractivity contribution in [2.45, 2.75) is 127 Å². The van der Waals surface area contributed by atoms with Gasteiger partial charge in [-0.05, 0) is 57.3 Å². The van der Waals surface area contributed by atoms with E-state index in [0.717, 1.165) is 51.4 Å². The Labute approximate surface area is 200 Å². The van der Waals surface area contributed by atoms with Crippen molar-refractivity contribution in [3.63, 3.8) is 0 Å². The predicted octanol–water partition coefficient (Wildman–Crippen LogP) is 5.05. The molecule has 33 heavy (non-hydrogen) atoms. The third kappa shape index (κ3) is 4.74. The van der Waals surface area contributed by atoms with Gasteiger partial charge in [0, 0.05) is 12.6 Å². The van der Waals surface area contributed by atoms with Crippen molar-refractivity contribution in [3.05, 3.63) is 0 Å². The number of carbonyl (C=O) groups is 3. The van der Waals surface area contributed by atoms with Gasteiger partial charge in [0.1, 0.15) is 5.54 Å². The highest BCUT2D eigenvalue weighted by molar-refractivity contribution is 6.09. The molecule has 0 radical (unpaired) electrons. The molecule has 3 amide bonds. The smallest absolute Gasteiger partial charge is 0.313 e. The van der Waals surface area contributed by atoms with Gasteiger partial charge in [0.25, 0.3) is 5.91 Å². The number of urea groups is 1. The summed E-state index contributed by atoms with van der Waals surface area (Å²) in [6.45, 7) is 4.06. The van der Waals surface area contributed by atoms with Crippen LogP contribution in [-0.4, -0.2) is 58.2 Å². The van der Waals surface area contributed by atoms with E-state index in [-0.39, 0.29) is 41.8 Å². The first-order valence-electron chi connectivity index (χ1n) is 13.7. The minimum Gasteiger partial charge on any atom is -0.313 e.